The molecule has 3 rings (SSSR count). The van der Waals surface area contributed by atoms with E-state index < -0.39 is 0 Å². The molecule has 0 aromatic heterocycles. The Labute approximate surface area is 147 Å². The first-order chi connectivity index (χ1) is 12.1. The van der Waals surface area contributed by atoms with E-state index in [9.17, 15) is 9.18 Å². The van der Waals surface area contributed by atoms with Crippen LogP contribution < -0.4 is 5.32 Å². The fourth-order valence-corrected chi connectivity index (χ4v) is 2.93. The second-order valence-corrected chi connectivity index (χ2v) is 6.38. The molecule has 132 valence electrons. The number of likely N-dealkylation sites (N-methyl/N-ethyl adjacent to an activating group) is 1. The lowest BCUT2D eigenvalue weighted by Crippen LogP contribution is -2.35. The van der Waals surface area contributed by atoms with Crippen LogP contribution in [-0.4, -0.2) is 37.6 Å². The van der Waals surface area contributed by atoms with Gasteiger partial charge in [-0.1, -0.05) is 30.3 Å². The average molecular weight is 342 g/mol. The summed E-state index contributed by atoms with van der Waals surface area (Å²) >= 11 is 0. The minimum Gasteiger partial charge on any atom is -0.371 e. The maximum Gasteiger partial charge on any atom is 0.224 e. The molecule has 4 nitrogen and oxygen atoms in total. The zero-order valence-corrected chi connectivity index (χ0v) is 14.4. The van der Waals surface area contributed by atoms with E-state index in [4.69, 9.17) is 4.74 Å². The van der Waals surface area contributed by atoms with E-state index in [1.807, 2.05) is 24.3 Å². The Morgan fingerprint density at radius 2 is 2.00 bits per heavy atom. The molecule has 1 aliphatic rings. The van der Waals surface area contributed by atoms with E-state index in [2.05, 4.69) is 17.3 Å². The van der Waals surface area contributed by atoms with Gasteiger partial charge in [0.2, 0.25) is 5.91 Å². The number of benzene rings is 2. The van der Waals surface area contributed by atoms with Gasteiger partial charge in [-0.2, -0.15) is 0 Å². The quantitative estimate of drug-likeness (QED) is 0.905. The lowest BCUT2D eigenvalue weighted by atomic mass is 10.1. The lowest BCUT2D eigenvalue weighted by molar-refractivity contribution is -0.116. The average Bonchev–Trinajstić information content (AvgIpc) is 2.62. The first kappa shape index (κ1) is 17.6. The first-order valence-electron chi connectivity index (χ1n) is 8.55. The molecule has 0 radical (unpaired) electrons. The molecule has 0 saturated carbocycles. The molecule has 0 spiro atoms. The number of hydrogen-bond acceptors (Lipinski definition) is 3. The monoisotopic (exact) mass is 342 g/mol. The molecule has 1 fully saturated rings. The minimum absolute atomic E-state index is 0.0737. The Kier molecular flexibility index (Phi) is 5.79. The third-order valence-electron chi connectivity index (χ3n) is 4.42. The first-order valence-corrected chi connectivity index (χ1v) is 8.55. The van der Waals surface area contributed by atoms with E-state index in [1.54, 1.807) is 18.2 Å². The van der Waals surface area contributed by atoms with E-state index in [0.29, 0.717) is 12.0 Å². The number of anilines is 1. The Hall–Kier alpha value is -2.24. The van der Waals surface area contributed by atoms with Crippen LogP contribution in [-0.2, 0) is 16.0 Å². The summed E-state index contributed by atoms with van der Waals surface area (Å²) in [5, 5.41) is 2.86. The van der Waals surface area contributed by atoms with Crippen molar-refractivity contribution >= 4 is 11.6 Å². The van der Waals surface area contributed by atoms with Gasteiger partial charge in [0.1, 0.15) is 5.82 Å². The van der Waals surface area contributed by atoms with Crippen LogP contribution >= 0.6 is 0 Å². The van der Waals surface area contributed by atoms with E-state index >= 15 is 0 Å². The number of nitrogens with zero attached hydrogens (tertiary/aromatic N) is 1. The van der Waals surface area contributed by atoms with Crippen molar-refractivity contribution in [1.29, 1.82) is 0 Å². The third kappa shape index (κ3) is 4.87. The van der Waals surface area contributed by atoms with Crippen LogP contribution in [0.15, 0.2) is 48.5 Å². The number of amides is 1. The van der Waals surface area contributed by atoms with Crippen molar-refractivity contribution in [1.82, 2.24) is 4.90 Å². The van der Waals surface area contributed by atoms with Crippen molar-refractivity contribution in [3.63, 3.8) is 0 Å². The minimum atomic E-state index is -0.267. The zero-order chi connectivity index (χ0) is 17.6. The van der Waals surface area contributed by atoms with Crippen molar-refractivity contribution in [3.05, 3.63) is 65.5 Å². The summed E-state index contributed by atoms with van der Waals surface area (Å²) < 4.78 is 19.4. The SMILES string of the molecule is CN1CCOC(c2ccc(NC(=O)CCc3ccccc3F)cc2)C1. The topological polar surface area (TPSA) is 41.6 Å². The van der Waals surface area contributed by atoms with Crippen molar-refractivity contribution < 1.29 is 13.9 Å². The molecular formula is C20H23FN2O2. The molecule has 2 aromatic carbocycles. The van der Waals surface area contributed by atoms with Gasteiger partial charge < -0.3 is 15.0 Å². The maximum absolute atomic E-state index is 13.6. The van der Waals surface area contributed by atoms with Crippen LogP contribution in [0.4, 0.5) is 10.1 Å². The van der Waals surface area contributed by atoms with Crippen LogP contribution in [0.5, 0.6) is 0 Å². The van der Waals surface area contributed by atoms with Crippen LogP contribution in [0, 0.1) is 5.82 Å². The van der Waals surface area contributed by atoms with Crippen LogP contribution in [0.3, 0.4) is 0 Å². The second kappa shape index (κ2) is 8.23. The van der Waals surface area contributed by atoms with Crippen LogP contribution in [0.25, 0.3) is 0 Å². The molecule has 1 saturated heterocycles. The number of morpholine rings is 1. The fourth-order valence-electron chi connectivity index (χ4n) is 2.93. The van der Waals surface area contributed by atoms with Crippen LogP contribution in [0.2, 0.25) is 0 Å². The predicted octanol–water partition coefficient (Wildman–Crippen LogP) is 3.40. The van der Waals surface area contributed by atoms with Gasteiger partial charge in [-0.05, 0) is 42.8 Å². The van der Waals surface area contributed by atoms with Crippen molar-refractivity contribution in [2.45, 2.75) is 18.9 Å². The van der Waals surface area contributed by atoms with Crippen LogP contribution in [0.1, 0.15) is 23.7 Å². The molecule has 1 aliphatic heterocycles. The molecular weight excluding hydrogens is 319 g/mol. The highest BCUT2D eigenvalue weighted by molar-refractivity contribution is 5.90. The van der Waals surface area contributed by atoms with Gasteiger partial charge in [-0.15, -0.1) is 0 Å². The van der Waals surface area contributed by atoms with Gasteiger partial charge in [0.05, 0.1) is 12.7 Å². The number of rotatable bonds is 5. The van der Waals surface area contributed by atoms with Gasteiger partial charge in [-0.25, -0.2) is 4.39 Å². The number of aryl methyl sites for hydroxylation is 1. The number of carbonyl (C=O) groups excluding carboxylic acids is 1. The highest BCUT2D eigenvalue weighted by Gasteiger charge is 2.19. The molecule has 1 amide bonds. The molecule has 25 heavy (non-hydrogen) atoms. The Balaban J connectivity index is 1.52. The maximum atomic E-state index is 13.6. The second-order valence-electron chi connectivity index (χ2n) is 6.38. The van der Waals surface area contributed by atoms with E-state index in [-0.39, 0.29) is 24.2 Å². The van der Waals surface area contributed by atoms with Gasteiger partial charge in [0, 0.05) is 25.2 Å². The van der Waals surface area contributed by atoms with Gasteiger partial charge >= 0.3 is 0 Å². The summed E-state index contributed by atoms with van der Waals surface area (Å²) in [6.45, 7) is 2.55. The number of carbonyl (C=O) groups is 1. The fraction of sp³-hybridized carbons (Fsp3) is 0.350. The molecule has 5 heteroatoms. The smallest absolute Gasteiger partial charge is 0.224 e. The highest BCUT2D eigenvalue weighted by atomic mass is 19.1. The molecule has 1 heterocycles. The summed E-state index contributed by atoms with van der Waals surface area (Å²) in [6.07, 6.45) is 0.711. The van der Waals surface area contributed by atoms with Gasteiger partial charge in [-0.3, -0.25) is 4.79 Å². The van der Waals surface area contributed by atoms with E-state index in [1.165, 1.54) is 6.07 Å². The van der Waals surface area contributed by atoms with Gasteiger partial charge in [0.15, 0.2) is 0 Å². The highest BCUT2D eigenvalue weighted by Crippen LogP contribution is 2.23. The van der Waals surface area contributed by atoms with E-state index in [0.717, 1.165) is 30.9 Å². The predicted molar refractivity (Wildman–Crippen MR) is 96.0 cm³/mol. The molecule has 2 aromatic rings. The number of nitrogens with one attached hydrogen (secondary N) is 1. The standard InChI is InChI=1S/C20H23FN2O2/c1-23-12-13-25-19(14-23)16-6-9-17(10-7-16)22-20(24)11-8-15-4-2-3-5-18(15)21/h2-7,9-10,19H,8,11-14H2,1H3,(H,22,24). The van der Waals surface area contributed by atoms with Gasteiger partial charge in [0.25, 0.3) is 0 Å². The Morgan fingerprint density at radius 3 is 2.72 bits per heavy atom. The summed E-state index contributed by atoms with van der Waals surface area (Å²) in [4.78, 5) is 14.3. The number of halogens is 1. The van der Waals surface area contributed by atoms with Crippen molar-refractivity contribution in [2.75, 3.05) is 32.1 Å². The third-order valence-corrected chi connectivity index (χ3v) is 4.42. The van der Waals surface area contributed by atoms with Crippen molar-refractivity contribution in [3.8, 4) is 0 Å². The molecule has 0 aliphatic carbocycles. The zero-order valence-electron chi connectivity index (χ0n) is 14.4. The molecule has 1 unspecified atom stereocenters. The number of ether oxygens (including phenoxy) is 1. The molecule has 1 atom stereocenters. The summed E-state index contributed by atoms with van der Waals surface area (Å²) in [5.74, 6) is -0.387. The normalized spacial score (nSPS) is 18.1. The summed E-state index contributed by atoms with van der Waals surface area (Å²) in [6, 6.07) is 14.3. The molecule has 1 N–H and O–H groups in total. The largest absolute Gasteiger partial charge is 0.371 e. The Morgan fingerprint density at radius 1 is 1.24 bits per heavy atom. The Bertz CT molecular complexity index is 718. The molecule has 0 bridgehead atoms. The summed E-state index contributed by atoms with van der Waals surface area (Å²) in [7, 11) is 2.08. The summed E-state index contributed by atoms with van der Waals surface area (Å²) in [5.41, 5.74) is 2.41. The number of hydrogen-bond donors (Lipinski definition) is 1. The lowest BCUT2D eigenvalue weighted by Gasteiger charge is -2.30. The van der Waals surface area contributed by atoms with Crippen molar-refractivity contribution in [2.24, 2.45) is 0 Å².